The van der Waals surface area contributed by atoms with E-state index in [-0.39, 0.29) is 30.5 Å². The number of benzene rings is 1. The average Bonchev–Trinajstić information content (AvgIpc) is 2.44. The second kappa shape index (κ2) is 10.7. The molecule has 0 amide bonds. The molecule has 0 fully saturated rings. The summed E-state index contributed by atoms with van der Waals surface area (Å²) in [6.07, 6.45) is -2.22. The molecule has 0 saturated heterocycles. The number of halogens is 4. The van der Waals surface area contributed by atoms with E-state index in [0.717, 1.165) is 31.5 Å². The fraction of sp³-hybridized carbons (Fsp3) is 0.533. The lowest BCUT2D eigenvalue weighted by Crippen LogP contribution is -2.37. The van der Waals surface area contributed by atoms with Gasteiger partial charge in [-0.1, -0.05) is 25.5 Å². The molecule has 0 heterocycles. The number of nitrogens with zero attached hydrogens (tertiary/aromatic N) is 1. The van der Waals surface area contributed by atoms with Gasteiger partial charge in [-0.05, 0) is 31.0 Å². The topological polar surface area (TPSA) is 36.4 Å². The maximum absolute atomic E-state index is 12.6. The molecule has 3 nitrogen and oxygen atoms in total. The van der Waals surface area contributed by atoms with Crippen molar-refractivity contribution in [1.82, 2.24) is 10.6 Å². The number of nitrogens with one attached hydrogen (secondary N) is 2. The van der Waals surface area contributed by atoms with E-state index < -0.39 is 11.7 Å². The van der Waals surface area contributed by atoms with Crippen molar-refractivity contribution in [3.8, 4) is 0 Å². The highest BCUT2D eigenvalue weighted by Crippen LogP contribution is 2.29. The maximum atomic E-state index is 12.6. The molecule has 0 aliphatic heterocycles. The Kier molecular flexibility index (Phi) is 10.2. The van der Waals surface area contributed by atoms with Gasteiger partial charge >= 0.3 is 6.18 Å². The minimum Gasteiger partial charge on any atom is -0.357 e. The van der Waals surface area contributed by atoms with E-state index in [1.165, 1.54) is 6.07 Å². The predicted molar refractivity (Wildman–Crippen MR) is 94.6 cm³/mol. The summed E-state index contributed by atoms with van der Waals surface area (Å²) in [4.78, 5) is 4.31. The summed E-state index contributed by atoms with van der Waals surface area (Å²) in [6.45, 7) is 5.76. The molecule has 0 spiro atoms. The SMILES string of the molecule is CCCCNC(=NCc1cccc(C(F)(F)F)c1)NCC.I. The van der Waals surface area contributed by atoms with Crippen LogP contribution in [0.15, 0.2) is 29.3 Å². The molecule has 0 unspecified atom stereocenters. The van der Waals surface area contributed by atoms with Gasteiger partial charge in [0.15, 0.2) is 5.96 Å². The molecule has 0 saturated carbocycles. The third-order valence-electron chi connectivity index (χ3n) is 2.84. The summed E-state index contributed by atoms with van der Waals surface area (Å²) >= 11 is 0. The molecule has 0 aromatic heterocycles. The van der Waals surface area contributed by atoms with Crippen LogP contribution in [0.25, 0.3) is 0 Å². The highest BCUT2D eigenvalue weighted by Gasteiger charge is 2.30. The van der Waals surface area contributed by atoms with Gasteiger partial charge in [-0.25, -0.2) is 4.99 Å². The van der Waals surface area contributed by atoms with Crippen molar-refractivity contribution < 1.29 is 13.2 Å². The Morgan fingerprint density at radius 3 is 2.50 bits per heavy atom. The lowest BCUT2D eigenvalue weighted by atomic mass is 10.1. The minimum atomic E-state index is -4.32. The number of aliphatic imine (C=N–C) groups is 1. The number of rotatable bonds is 6. The van der Waals surface area contributed by atoms with E-state index in [4.69, 9.17) is 0 Å². The number of hydrogen-bond donors (Lipinski definition) is 2. The first-order valence-corrected chi connectivity index (χ1v) is 7.15. The fourth-order valence-corrected chi connectivity index (χ4v) is 1.74. The standard InChI is InChI=1S/C15H22F3N3.HI/c1-3-5-9-20-14(19-4-2)21-11-12-7-6-8-13(10-12)15(16,17)18;/h6-8,10H,3-5,9,11H2,1-2H3,(H2,19,20,21);1H. The molecule has 7 heteroatoms. The van der Waals surface area contributed by atoms with Crippen molar-refractivity contribution in [2.75, 3.05) is 13.1 Å². The van der Waals surface area contributed by atoms with Crippen molar-refractivity contribution in [2.24, 2.45) is 4.99 Å². The first-order chi connectivity index (χ1) is 9.97. The zero-order chi connectivity index (χ0) is 15.7. The van der Waals surface area contributed by atoms with Crippen LogP contribution in [0.3, 0.4) is 0 Å². The van der Waals surface area contributed by atoms with Crippen LogP contribution in [0.2, 0.25) is 0 Å². The maximum Gasteiger partial charge on any atom is 0.416 e. The summed E-state index contributed by atoms with van der Waals surface area (Å²) < 4.78 is 37.9. The van der Waals surface area contributed by atoms with E-state index in [2.05, 4.69) is 22.5 Å². The van der Waals surface area contributed by atoms with Crippen molar-refractivity contribution in [3.05, 3.63) is 35.4 Å². The Balaban J connectivity index is 0.00000441. The molecule has 1 aromatic rings. The van der Waals surface area contributed by atoms with Crippen LogP contribution in [-0.2, 0) is 12.7 Å². The highest BCUT2D eigenvalue weighted by atomic mass is 127. The predicted octanol–water partition coefficient (Wildman–Crippen LogP) is 4.18. The van der Waals surface area contributed by atoms with Crippen LogP contribution in [0.1, 0.15) is 37.8 Å². The molecule has 2 N–H and O–H groups in total. The zero-order valence-corrected chi connectivity index (χ0v) is 15.2. The summed E-state index contributed by atoms with van der Waals surface area (Å²) in [7, 11) is 0. The van der Waals surface area contributed by atoms with Crippen molar-refractivity contribution in [3.63, 3.8) is 0 Å². The van der Waals surface area contributed by atoms with E-state index in [9.17, 15) is 13.2 Å². The van der Waals surface area contributed by atoms with E-state index in [1.54, 1.807) is 6.07 Å². The lowest BCUT2D eigenvalue weighted by Gasteiger charge is -2.11. The molecule has 0 radical (unpaired) electrons. The van der Waals surface area contributed by atoms with Gasteiger partial charge in [-0.15, -0.1) is 24.0 Å². The first-order valence-electron chi connectivity index (χ1n) is 7.15. The molecule has 0 aliphatic carbocycles. The molecule has 1 aromatic carbocycles. The molecule has 0 bridgehead atoms. The van der Waals surface area contributed by atoms with E-state index in [0.29, 0.717) is 18.1 Å². The van der Waals surface area contributed by atoms with Crippen molar-refractivity contribution in [2.45, 2.75) is 39.4 Å². The van der Waals surface area contributed by atoms with Crippen molar-refractivity contribution in [1.29, 1.82) is 0 Å². The first kappa shape index (κ1) is 21.0. The number of guanidine groups is 1. The van der Waals surface area contributed by atoms with Gasteiger partial charge in [0, 0.05) is 13.1 Å². The van der Waals surface area contributed by atoms with Gasteiger partial charge in [-0.2, -0.15) is 13.2 Å². The van der Waals surface area contributed by atoms with E-state index in [1.807, 2.05) is 6.92 Å². The summed E-state index contributed by atoms with van der Waals surface area (Å²) in [5, 5.41) is 6.23. The normalized spacial score (nSPS) is 11.8. The van der Waals surface area contributed by atoms with E-state index >= 15 is 0 Å². The Hall–Kier alpha value is -0.990. The van der Waals surface area contributed by atoms with Gasteiger partial charge in [0.05, 0.1) is 12.1 Å². The van der Waals surface area contributed by atoms with Crippen LogP contribution in [0.5, 0.6) is 0 Å². The van der Waals surface area contributed by atoms with Crippen LogP contribution in [0, 0.1) is 0 Å². The third-order valence-corrected chi connectivity index (χ3v) is 2.84. The van der Waals surface area contributed by atoms with Crippen LogP contribution >= 0.6 is 24.0 Å². The Morgan fingerprint density at radius 1 is 1.18 bits per heavy atom. The molecule has 1 rings (SSSR count). The Morgan fingerprint density at radius 2 is 1.91 bits per heavy atom. The molecular formula is C15H23F3IN3. The van der Waals surface area contributed by atoms with Gasteiger partial charge in [0.1, 0.15) is 0 Å². The second-order valence-electron chi connectivity index (χ2n) is 4.67. The average molecular weight is 429 g/mol. The smallest absolute Gasteiger partial charge is 0.357 e. The molecule has 0 atom stereocenters. The fourth-order valence-electron chi connectivity index (χ4n) is 1.74. The second-order valence-corrected chi connectivity index (χ2v) is 4.67. The van der Waals surface area contributed by atoms with Crippen molar-refractivity contribution >= 4 is 29.9 Å². The number of unbranched alkanes of at least 4 members (excludes halogenated alkanes) is 1. The number of hydrogen-bond acceptors (Lipinski definition) is 1. The largest absolute Gasteiger partial charge is 0.416 e. The Bertz CT molecular complexity index is 462. The summed E-state index contributed by atoms with van der Waals surface area (Å²) in [5.41, 5.74) is -0.100. The van der Waals surface area contributed by atoms with Gasteiger partial charge in [0.25, 0.3) is 0 Å². The monoisotopic (exact) mass is 429 g/mol. The minimum absolute atomic E-state index is 0. The van der Waals surface area contributed by atoms with Crippen LogP contribution < -0.4 is 10.6 Å². The molecule has 126 valence electrons. The lowest BCUT2D eigenvalue weighted by molar-refractivity contribution is -0.137. The van der Waals surface area contributed by atoms with Crippen LogP contribution in [0.4, 0.5) is 13.2 Å². The van der Waals surface area contributed by atoms with Gasteiger partial charge in [0.2, 0.25) is 0 Å². The summed E-state index contributed by atoms with van der Waals surface area (Å²) in [5.74, 6) is 0.628. The number of alkyl halides is 3. The molecule has 22 heavy (non-hydrogen) atoms. The third kappa shape index (κ3) is 7.86. The molecule has 0 aliphatic rings. The van der Waals surface area contributed by atoms with Gasteiger partial charge < -0.3 is 10.6 Å². The summed E-state index contributed by atoms with van der Waals surface area (Å²) in [6, 6.07) is 5.26. The zero-order valence-electron chi connectivity index (χ0n) is 12.8. The Labute approximate surface area is 146 Å². The quantitative estimate of drug-likeness (QED) is 0.308. The molecular weight excluding hydrogens is 406 g/mol. The highest BCUT2D eigenvalue weighted by molar-refractivity contribution is 14.0. The van der Waals surface area contributed by atoms with Crippen LogP contribution in [-0.4, -0.2) is 19.0 Å². The van der Waals surface area contributed by atoms with Gasteiger partial charge in [-0.3, -0.25) is 0 Å².